The molecule has 0 atom stereocenters. The molecule has 0 unspecified atom stereocenters. The molecule has 4 rings (SSSR count). The van der Waals surface area contributed by atoms with Crippen LogP contribution in [0.15, 0.2) is 95.0 Å². The highest BCUT2D eigenvalue weighted by Crippen LogP contribution is 2.23. The number of pyridine rings is 2. The third-order valence-electron chi connectivity index (χ3n) is 5.36. The van der Waals surface area contributed by atoms with Crippen LogP contribution in [0.4, 0.5) is 0 Å². The highest BCUT2D eigenvalue weighted by atomic mass is 35.7. The van der Waals surface area contributed by atoms with E-state index in [1.165, 1.54) is 34.8 Å². The van der Waals surface area contributed by atoms with E-state index in [1.54, 1.807) is 38.5 Å². The van der Waals surface area contributed by atoms with Gasteiger partial charge in [-0.1, -0.05) is 47.5 Å². The van der Waals surface area contributed by atoms with Crippen LogP contribution in [0.2, 0.25) is 10.3 Å². The van der Waals surface area contributed by atoms with Crippen LogP contribution in [0.1, 0.15) is 11.1 Å². The van der Waals surface area contributed by atoms with E-state index in [-0.39, 0.29) is 33.2 Å². The molecule has 0 bridgehead atoms. The second kappa shape index (κ2) is 14.1. The summed E-state index contributed by atoms with van der Waals surface area (Å²) in [5.74, 6) is 1.42. The van der Waals surface area contributed by atoms with Crippen molar-refractivity contribution in [3.8, 4) is 11.5 Å². The van der Waals surface area contributed by atoms with E-state index in [2.05, 4.69) is 9.97 Å². The van der Waals surface area contributed by atoms with Crippen LogP contribution in [0, 0.1) is 0 Å². The summed E-state index contributed by atoms with van der Waals surface area (Å²) < 4.78 is 59.6. The van der Waals surface area contributed by atoms with Crippen molar-refractivity contribution in [2.75, 3.05) is 14.2 Å². The van der Waals surface area contributed by atoms with Gasteiger partial charge in [-0.15, -0.1) is 0 Å². The van der Waals surface area contributed by atoms with Crippen LogP contribution in [0.25, 0.3) is 0 Å². The molecule has 2 heterocycles. The Hall–Kier alpha value is -2.93. The van der Waals surface area contributed by atoms with Crippen molar-refractivity contribution in [2.24, 2.45) is 0 Å². The van der Waals surface area contributed by atoms with Gasteiger partial charge in [0, 0.05) is 36.2 Å². The minimum atomic E-state index is -3.80. The van der Waals surface area contributed by atoms with Crippen molar-refractivity contribution in [1.82, 2.24) is 14.3 Å². The predicted molar refractivity (Wildman–Crippen MR) is 154 cm³/mol. The number of methoxy groups -OCH3 is 2. The maximum absolute atomic E-state index is 13.3. The lowest BCUT2D eigenvalue weighted by atomic mass is 10.2. The van der Waals surface area contributed by atoms with E-state index in [4.69, 9.17) is 43.4 Å². The van der Waals surface area contributed by atoms with E-state index < -0.39 is 19.1 Å². The van der Waals surface area contributed by atoms with Crippen LogP contribution in [-0.4, -0.2) is 45.3 Å². The summed E-state index contributed by atoms with van der Waals surface area (Å²) in [5, 5.41) is 0.467. The Morgan fingerprint density at radius 1 is 0.650 bits per heavy atom. The molecule has 4 aromatic rings. The first-order valence-electron chi connectivity index (χ1n) is 11.4. The van der Waals surface area contributed by atoms with Gasteiger partial charge in [-0.2, -0.15) is 4.31 Å². The molecule has 0 aliphatic rings. The molecule has 2 aromatic carbocycles. The first-order chi connectivity index (χ1) is 18.9. The maximum atomic E-state index is 13.3. The van der Waals surface area contributed by atoms with Gasteiger partial charge in [-0.3, -0.25) is 0 Å². The lowest BCUT2D eigenvalue weighted by Gasteiger charge is -2.22. The van der Waals surface area contributed by atoms with Crippen LogP contribution in [-0.2, 0) is 32.2 Å². The lowest BCUT2D eigenvalue weighted by Crippen LogP contribution is -2.30. The number of benzene rings is 2. The summed E-state index contributed by atoms with van der Waals surface area (Å²) in [4.78, 5) is 7.50. The van der Waals surface area contributed by atoms with Gasteiger partial charge in [0.2, 0.25) is 10.0 Å². The second-order valence-electron chi connectivity index (χ2n) is 8.04. The fourth-order valence-electron chi connectivity index (χ4n) is 3.27. The summed E-state index contributed by atoms with van der Waals surface area (Å²) in [6.07, 6.45) is 2.37. The molecule has 212 valence electrons. The molecule has 0 amide bonds. The highest BCUT2D eigenvalue weighted by Gasteiger charge is 2.25. The summed E-state index contributed by atoms with van der Waals surface area (Å²) in [6.45, 7) is 0.391. The standard InChI is InChI=1S/C21H21ClN2O4S.C5H3Cl2NO2S/c1-27-18-7-3-16(4-8-18)14-24(15-17-5-9-19(28-2)10-6-17)29(25,26)20-11-12-21(22)23-13-20;6-5-2-1-4(3-8-5)11(7,9)10/h3-13H,14-15H2,1-2H3;1-3H. The molecule has 0 spiro atoms. The van der Waals surface area contributed by atoms with Gasteiger partial charge >= 0.3 is 0 Å². The number of rotatable bonds is 9. The molecule has 9 nitrogen and oxygen atoms in total. The number of hydrogen-bond donors (Lipinski definition) is 0. The zero-order chi connectivity index (χ0) is 29.3. The fraction of sp³-hybridized carbons (Fsp3) is 0.154. The van der Waals surface area contributed by atoms with Crippen LogP contribution < -0.4 is 9.47 Å². The minimum absolute atomic E-state index is 0.0523. The summed E-state index contributed by atoms with van der Waals surface area (Å²) in [7, 11) is 0.708. The largest absolute Gasteiger partial charge is 0.497 e. The van der Waals surface area contributed by atoms with Crippen molar-refractivity contribution in [2.45, 2.75) is 22.9 Å². The van der Waals surface area contributed by atoms with Crippen molar-refractivity contribution in [1.29, 1.82) is 0 Å². The van der Waals surface area contributed by atoms with Gasteiger partial charge in [-0.05, 0) is 59.7 Å². The summed E-state index contributed by atoms with van der Waals surface area (Å²) >= 11 is 11.2. The van der Waals surface area contributed by atoms with E-state index in [9.17, 15) is 16.8 Å². The molecule has 0 saturated carbocycles. The third-order valence-corrected chi connectivity index (χ3v) is 8.92. The fourth-order valence-corrected chi connectivity index (χ4v) is 5.53. The zero-order valence-electron chi connectivity index (χ0n) is 21.2. The maximum Gasteiger partial charge on any atom is 0.262 e. The van der Waals surface area contributed by atoms with E-state index in [0.717, 1.165) is 17.3 Å². The van der Waals surface area contributed by atoms with E-state index >= 15 is 0 Å². The number of ether oxygens (including phenoxy) is 2. The average Bonchev–Trinajstić information content (AvgIpc) is 2.94. The third kappa shape index (κ3) is 9.05. The molecular formula is C26H24Cl3N3O6S2. The number of hydrogen-bond acceptors (Lipinski definition) is 8. The Balaban J connectivity index is 0.000000336. The van der Waals surface area contributed by atoms with Gasteiger partial charge in [0.15, 0.2) is 0 Å². The van der Waals surface area contributed by atoms with Crippen molar-refractivity contribution in [3.63, 3.8) is 0 Å². The first kappa shape index (κ1) is 31.6. The Morgan fingerprint density at radius 3 is 1.38 bits per heavy atom. The molecule has 40 heavy (non-hydrogen) atoms. The van der Waals surface area contributed by atoms with E-state index in [0.29, 0.717) is 11.5 Å². The number of nitrogens with zero attached hydrogens (tertiary/aromatic N) is 3. The molecule has 0 N–H and O–H groups in total. The molecule has 0 saturated heterocycles. The second-order valence-corrected chi connectivity index (χ2v) is 13.3. The summed E-state index contributed by atoms with van der Waals surface area (Å²) in [5.41, 5.74) is 1.68. The van der Waals surface area contributed by atoms with Crippen LogP contribution >= 0.6 is 33.9 Å². The van der Waals surface area contributed by atoms with Crippen LogP contribution in [0.3, 0.4) is 0 Å². The Morgan fingerprint density at radius 2 is 1.05 bits per heavy atom. The first-order valence-corrected chi connectivity index (χ1v) is 15.9. The molecule has 0 aliphatic carbocycles. The number of aromatic nitrogens is 2. The molecule has 14 heteroatoms. The molecule has 0 aliphatic heterocycles. The molecule has 2 aromatic heterocycles. The normalized spacial score (nSPS) is 11.4. The lowest BCUT2D eigenvalue weighted by molar-refractivity contribution is 0.397. The summed E-state index contributed by atoms with van der Waals surface area (Å²) in [6, 6.07) is 20.2. The highest BCUT2D eigenvalue weighted by molar-refractivity contribution is 8.13. The van der Waals surface area contributed by atoms with Crippen LogP contribution in [0.5, 0.6) is 11.5 Å². The van der Waals surface area contributed by atoms with Gasteiger partial charge in [0.1, 0.15) is 31.6 Å². The van der Waals surface area contributed by atoms with Gasteiger partial charge in [-0.25, -0.2) is 26.8 Å². The monoisotopic (exact) mass is 643 g/mol. The van der Waals surface area contributed by atoms with Crippen molar-refractivity contribution >= 4 is 53.0 Å². The SMILES string of the molecule is COc1ccc(CN(Cc2ccc(OC)cc2)S(=O)(=O)c2ccc(Cl)nc2)cc1.O=S(=O)(Cl)c1ccc(Cl)nc1. The van der Waals surface area contributed by atoms with Crippen molar-refractivity contribution < 1.29 is 26.3 Å². The predicted octanol–water partition coefficient (Wildman–Crippen LogP) is 5.81. The Bertz CT molecular complexity index is 1550. The average molecular weight is 645 g/mol. The Kier molecular flexibility index (Phi) is 11.1. The zero-order valence-corrected chi connectivity index (χ0v) is 25.1. The number of sulfonamides is 1. The molecular weight excluding hydrogens is 621 g/mol. The van der Waals surface area contributed by atoms with Crippen molar-refractivity contribution in [3.05, 3.63) is 107 Å². The smallest absolute Gasteiger partial charge is 0.262 e. The topological polar surface area (TPSA) is 116 Å². The number of halogens is 3. The Labute approximate surface area is 247 Å². The minimum Gasteiger partial charge on any atom is -0.497 e. The van der Waals surface area contributed by atoms with E-state index in [1.807, 2.05) is 24.3 Å². The van der Waals surface area contributed by atoms with Gasteiger partial charge < -0.3 is 9.47 Å². The van der Waals surface area contributed by atoms with Gasteiger partial charge in [0.25, 0.3) is 9.05 Å². The molecule has 0 fully saturated rings. The molecule has 0 radical (unpaired) electrons. The quantitative estimate of drug-likeness (QED) is 0.166. The van der Waals surface area contributed by atoms with Gasteiger partial charge in [0.05, 0.1) is 14.2 Å².